The summed E-state index contributed by atoms with van der Waals surface area (Å²) in [7, 11) is 0. The van der Waals surface area contributed by atoms with E-state index in [4.69, 9.17) is 0 Å². The van der Waals surface area contributed by atoms with Crippen molar-refractivity contribution in [3.8, 4) is 11.1 Å². The lowest BCUT2D eigenvalue weighted by Crippen LogP contribution is -2.09. The maximum absolute atomic E-state index is 2.30. The van der Waals surface area contributed by atoms with Crippen LogP contribution in [0.3, 0.4) is 0 Å². The number of hydrogen-bond acceptors (Lipinski definition) is 0. The van der Waals surface area contributed by atoms with Gasteiger partial charge < -0.3 is 0 Å². The van der Waals surface area contributed by atoms with Crippen molar-refractivity contribution in [3.05, 3.63) is 58.7 Å². The maximum atomic E-state index is 2.30. The minimum absolute atomic E-state index is 0.617. The van der Waals surface area contributed by atoms with Crippen molar-refractivity contribution >= 4 is 0 Å². The molecule has 0 radical (unpaired) electrons. The number of hydrogen-bond donors (Lipinski definition) is 0. The van der Waals surface area contributed by atoms with E-state index < -0.39 is 0 Å². The van der Waals surface area contributed by atoms with Gasteiger partial charge in [-0.05, 0) is 59.1 Å². The van der Waals surface area contributed by atoms with Gasteiger partial charge in [-0.3, -0.25) is 0 Å². The first kappa shape index (κ1) is 11.5. The highest BCUT2D eigenvalue weighted by Crippen LogP contribution is 2.38. The monoisotopic (exact) mass is 236 g/mol. The fraction of sp³-hybridized carbons (Fsp3) is 0.333. The molecule has 0 saturated carbocycles. The maximum Gasteiger partial charge on any atom is -0.0146 e. The van der Waals surface area contributed by atoms with E-state index >= 15 is 0 Å². The zero-order valence-corrected chi connectivity index (χ0v) is 11.5. The number of aryl methyl sites for hydroxylation is 1. The molecule has 0 saturated heterocycles. The molecule has 0 bridgehead atoms. The quantitative estimate of drug-likeness (QED) is 0.661. The molecular formula is C18H20. The summed E-state index contributed by atoms with van der Waals surface area (Å²) in [5, 5.41) is 0. The summed E-state index contributed by atoms with van der Waals surface area (Å²) in [6.45, 7) is 6.82. The Bertz CT molecular complexity index is 591. The van der Waals surface area contributed by atoms with Crippen LogP contribution in [0.15, 0.2) is 36.4 Å². The Morgan fingerprint density at radius 3 is 2.17 bits per heavy atom. The zero-order chi connectivity index (χ0) is 12.7. The summed E-state index contributed by atoms with van der Waals surface area (Å²) in [5.74, 6) is 0.617. The van der Waals surface area contributed by atoms with Crippen LogP contribution in [-0.4, -0.2) is 0 Å². The molecule has 2 aromatic rings. The van der Waals surface area contributed by atoms with Crippen molar-refractivity contribution in [1.29, 1.82) is 0 Å². The molecule has 0 aliphatic heterocycles. The largest absolute Gasteiger partial charge is 0.0614 e. The van der Waals surface area contributed by atoms with E-state index in [1.165, 1.54) is 35.1 Å². The van der Waals surface area contributed by atoms with Gasteiger partial charge in [0.1, 0.15) is 0 Å². The van der Waals surface area contributed by atoms with E-state index in [0.29, 0.717) is 5.92 Å². The van der Waals surface area contributed by atoms with Gasteiger partial charge in [-0.2, -0.15) is 0 Å². The molecule has 0 spiro atoms. The third-order valence-corrected chi connectivity index (χ3v) is 4.16. The molecule has 2 aromatic carbocycles. The number of rotatable bonds is 1. The van der Waals surface area contributed by atoms with E-state index in [1.54, 1.807) is 11.1 Å². The molecule has 18 heavy (non-hydrogen) atoms. The molecular weight excluding hydrogens is 216 g/mol. The Hall–Kier alpha value is -1.56. The first-order valence-electron chi connectivity index (χ1n) is 6.89. The van der Waals surface area contributed by atoms with Crippen molar-refractivity contribution in [1.82, 2.24) is 0 Å². The Morgan fingerprint density at radius 2 is 1.44 bits per heavy atom. The van der Waals surface area contributed by atoms with Crippen LogP contribution in [0.5, 0.6) is 0 Å². The summed E-state index contributed by atoms with van der Waals surface area (Å²) in [6.07, 6.45) is 2.39. The zero-order valence-electron chi connectivity index (χ0n) is 11.5. The van der Waals surface area contributed by atoms with Gasteiger partial charge in [0.2, 0.25) is 0 Å². The van der Waals surface area contributed by atoms with Gasteiger partial charge in [-0.25, -0.2) is 0 Å². The first-order valence-corrected chi connectivity index (χ1v) is 6.89. The molecule has 3 rings (SSSR count). The summed E-state index contributed by atoms with van der Waals surface area (Å²) >= 11 is 0. The predicted octanol–water partition coefficient (Wildman–Crippen LogP) is 4.88. The number of benzene rings is 2. The van der Waals surface area contributed by atoms with Crippen molar-refractivity contribution in [2.45, 2.75) is 39.5 Å². The van der Waals surface area contributed by atoms with Gasteiger partial charge in [-0.15, -0.1) is 0 Å². The van der Waals surface area contributed by atoms with Gasteiger partial charge in [0.15, 0.2) is 0 Å². The van der Waals surface area contributed by atoms with Crippen LogP contribution in [0.1, 0.15) is 42.0 Å². The van der Waals surface area contributed by atoms with Crippen LogP contribution in [0, 0.1) is 6.92 Å². The predicted molar refractivity (Wildman–Crippen MR) is 78.1 cm³/mol. The van der Waals surface area contributed by atoms with Crippen LogP contribution in [-0.2, 0) is 12.8 Å². The summed E-state index contributed by atoms with van der Waals surface area (Å²) in [6, 6.07) is 13.5. The molecule has 0 atom stereocenters. The smallest absolute Gasteiger partial charge is 0.0146 e. The third kappa shape index (κ3) is 1.68. The molecule has 92 valence electrons. The highest BCUT2D eigenvalue weighted by atomic mass is 14.2. The van der Waals surface area contributed by atoms with Gasteiger partial charge in [0, 0.05) is 0 Å². The van der Waals surface area contributed by atoms with Crippen molar-refractivity contribution in [3.63, 3.8) is 0 Å². The third-order valence-electron chi connectivity index (χ3n) is 4.16. The van der Waals surface area contributed by atoms with Gasteiger partial charge >= 0.3 is 0 Å². The minimum Gasteiger partial charge on any atom is -0.0614 e. The standard InChI is InChI=1S/C18H20/c1-12(2)14-7-5-9-17-16-8-4-6-13(3)15(16)10-11-18(14)17/h4-9,12H,10-11H2,1-3H3. The molecule has 1 aliphatic carbocycles. The summed E-state index contributed by atoms with van der Waals surface area (Å²) < 4.78 is 0. The molecule has 1 aliphatic rings. The average molecular weight is 236 g/mol. The minimum atomic E-state index is 0.617. The van der Waals surface area contributed by atoms with Gasteiger partial charge in [0.05, 0.1) is 0 Å². The molecule has 0 nitrogen and oxygen atoms in total. The van der Waals surface area contributed by atoms with Crippen molar-refractivity contribution in [2.75, 3.05) is 0 Å². The van der Waals surface area contributed by atoms with Crippen LogP contribution in [0.4, 0.5) is 0 Å². The highest BCUT2D eigenvalue weighted by molar-refractivity contribution is 5.75. The lowest BCUT2D eigenvalue weighted by Gasteiger charge is -2.25. The van der Waals surface area contributed by atoms with Gasteiger partial charge in [0.25, 0.3) is 0 Å². The van der Waals surface area contributed by atoms with Crippen LogP contribution < -0.4 is 0 Å². The molecule has 0 heteroatoms. The second-order valence-corrected chi connectivity index (χ2v) is 5.63. The normalized spacial score (nSPS) is 13.3. The second-order valence-electron chi connectivity index (χ2n) is 5.63. The van der Waals surface area contributed by atoms with Gasteiger partial charge in [-0.1, -0.05) is 50.2 Å². The Labute approximate surface area is 110 Å². The number of fused-ring (bicyclic) bond motifs is 3. The van der Waals surface area contributed by atoms with E-state index in [2.05, 4.69) is 57.2 Å². The lowest BCUT2D eigenvalue weighted by atomic mass is 9.80. The Morgan fingerprint density at radius 1 is 0.833 bits per heavy atom. The van der Waals surface area contributed by atoms with E-state index in [0.717, 1.165) is 0 Å². The van der Waals surface area contributed by atoms with E-state index in [1.807, 2.05) is 0 Å². The Balaban J connectivity index is 2.26. The van der Waals surface area contributed by atoms with Crippen LogP contribution in [0.25, 0.3) is 11.1 Å². The molecule has 0 amide bonds. The fourth-order valence-corrected chi connectivity index (χ4v) is 3.21. The second kappa shape index (κ2) is 4.28. The highest BCUT2D eigenvalue weighted by Gasteiger charge is 2.20. The van der Waals surface area contributed by atoms with E-state index in [-0.39, 0.29) is 0 Å². The summed E-state index contributed by atoms with van der Waals surface area (Å²) in [4.78, 5) is 0. The van der Waals surface area contributed by atoms with Crippen LogP contribution in [0.2, 0.25) is 0 Å². The molecule has 0 unspecified atom stereocenters. The van der Waals surface area contributed by atoms with Crippen LogP contribution >= 0.6 is 0 Å². The molecule has 0 aromatic heterocycles. The fourth-order valence-electron chi connectivity index (χ4n) is 3.21. The topological polar surface area (TPSA) is 0 Å². The first-order chi connectivity index (χ1) is 8.68. The van der Waals surface area contributed by atoms with Crippen molar-refractivity contribution in [2.24, 2.45) is 0 Å². The van der Waals surface area contributed by atoms with Crippen molar-refractivity contribution < 1.29 is 0 Å². The van der Waals surface area contributed by atoms with E-state index in [9.17, 15) is 0 Å². The average Bonchev–Trinajstić information content (AvgIpc) is 2.38. The molecule has 0 fully saturated rings. The molecule has 0 N–H and O–H groups in total. The summed E-state index contributed by atoms with van der Waals surface area (Å²) in [5.41, 5.74) is 9.01. The SMILES string of the molecule is Cc1cccc2c1CCc1c-2cccc1C(C)C. The molecule has 0 heterocycles. The lowest BCUT2D eigenvalue weighted by molar-refractivity contribution is 0.822. The Kier molecular flexibility index (Phi) is 2.74.